The third-order valence-corrected chi connectivity index (χ3v) is 4.63. The minimum Gasteiger partial charge on any atom is -0.392 e. The van der Waals surface area contributed by atoms with E-state index < -0.39 is 0 Å². The van der Waals surface area contributed by atoms with Crippen LogP contribution >= 0.6 is 0 Å². The largest absolute Gasteiger partial charge is 0.392 e. The summed E-state index contributed by atoms with van der Waals surface area (Å²) in [5.74, 6) is 1.12. The number of fused-ring (bicyclic) bond motifs is 1. The zero-order chi connectivity index (χ0) is 15.5. The number of hydrogen-bond acceptors (Lipinski definition) is 3. The van der Waals surface area contributed by atoms with Crippen LogP contribution in [0.15, 0.2) is 36.9 Å². The minimum absolute atomic E-state index is 0.284. The molecule has 0 radical (unpaired) electrons. The summed E-state index contributed by atoms with van der Waals surface area (Å²) in [5.41, 5.74) is 2.23. The molecule has 0 aliphatic carbocycles. The summed E-state index contributed by atoms with van der Waals surface area (Å²) in [6.07, 6.45) is 5.53. The topological polar surface area (TPSA) is 41.3 Å². The van der Waals surface area contributed by atoms with Gasteiger partial charge in [-0.05, 0) is 44.4 Å². The van der Waals surface area contributed by atoms with E-state index in [1.54, 1.807) is 0 Å². The van der Waals surface area contributed by atoms with Gasteiger partial charge in [0, 0.05) is 13.6 Å². The second-order valence-electron chi connectivity index (χ2n) is 6.19. The summed E-state index contributed by atoms with van der Waals surface area (Å²) in [6.45, 7) is 5.49. The Morgan fingerprint density at radius 2 is 2.27 bits per heavy atom. The maximum absolute atomic E-state index is 10.2. The molecular formula is C18H25N3O. The monoisotopic (exact) mass is 299 g/mol. The predicted octanol–water partition coefficient (Wildman–Crippen LogP) is 3.04. The van der Waals surface area contributed by atoms with E-state index in [1.165, 1.54) is 11.9 Å². The number of likely N-dealkylation sites (tertiary alicyclic amines) is 1. The van der Waals surface area contributed by atoms with Crippen molar-refractivity contribution in [1.29, 1.82) is 0 Å². The number of rotatable bonds is 6. The van der Waals surface area contributed by atoms with Crippen molar-refractivity contribution in [2.45, 2.75) is 37.8 Å². The second-order valence-corrected chi connectivity index (χ2v) is 6.19. The minimum atomic E-state index is -0.284. The molecule has 1 N–H and O–H groups in total. The van der Waals surface area contributed by atoms with Crippen molar-refractivity contribution >= 4 is 11.0 Å². The Kier molecular flexibility index (Phi) is 4.60. The highest BCUT2D eigenvalue weighted by Gasteiger charge is 2.30. The van der Waals surface area contributed by atoms with E-state index in [9.17, 15) is 5.11 Å². The molecule has 4 nitrogen and oxygen atoms in total. The van der Waals surface area contributed by atoms with E-state index in [0.29, 0.717) is 6.04 Å². The molecule has 22 heavy (non-hydrogen) atoms. The summed E-state index contributed by atoms with van der Waals surface area (Å²) in [6, 6.07) is 8.58. The van der Waals surface area contributed by atoms with Crippen molar-refractivity contribution in [1.82, 2.24) is 14.5 Å². The van der Waals surface area contributed by atoms with Crippen LogP contribution in [0.3, 0.4) is 0 Å². The summed E-state index contributed by atoms with van der Waals surface area (Å²) in [5, 5.41) is 10.2. The molecule has 1 aliphatic rings. The predicted molar refractivity (Wildman–Crippen MR) is 89.7 cm³/mol. The third-order valence-electron chi connectivity index (χ3n) is 4.63. The molecule has 4 heteroatoms. The Morgan fingerprint density at radius 1 is 1.45 bits per heavy atom. The number of hydrogen-bond donors (Lipinski definition) is 1. The van der Waals surface area contributed by atoms with Crippen molar-refractivity contribution in [2.75, 3.05) is 13.1 Å². The number of para-hydroxylation sites is 2. The summed E-state index contributed by atoms with van der Waals surface area (Å²) < 4.78 is 2.20. The lowest BCUT2D eigenvalue weighted by atomic mass is 10.1. The zero-order valence-electron chi connectivity index (χ0n) is 13.3. The fourth-order valence-corrected chi connectivity index (χ4v) is 3.47. The molecule has 2 aromatic rings. The lowest BCUT2D eigenvalue weighted by Gasteiger charge is -2.26. The first-order valence-corrected chi connectivity index (χ1v) is 8.15. The Balaban J connectivity index is 1.79. The summed E-state index contributed by atoms with van der Waals surface area (Å²) in [4.78, 5) is 7.22. The van der Waals surface area contributed by atoms with E-state index in [-0.39, 0.29) is 6.10 Å². The van der Waals surface area contributed by atoms with Crippen LogP contribution in [0.1, 0.15) is 37.5 Å². The molecule has 0 bridgehead atoms. The Hall–Kier alpha value is -1.65. The van der Waals surface area contributed by atoms with Gasteiger partial charge in [0.1, 0.15) is 5.82 Å². The van der Waals surface area contributed by atoms with Crippen molar-refractivity contribution in [2.24, 2.45) is 7.05 Å². The molecule has 1 aromatic heterocycles. The Morgan fingerprint density at radius 3 is 3.05 bits per heavy atom. The number of aromatic nitrogens is 2. The van der Waals surface area contributed by atoms with Crippen molar-refractivity contribution in [3.05, 3.63) is 42.7 Å². The average Bonchev–Trinajstić information content (AvgIpc) is 3.10. The van der Waals surface area contributed by atoms with Gasteiger partial charge >= 0.3 is 0 Å². The van der Waals surface area contributed by atoms with Gasteiger partial charge in [-0.15, -0.1) is 6.58 Å². The number of nitrogens with zero attached hydrogens (tertiary/aromatic N) is 3. The number of aliphatic hydroxyl groups excluding tert-OH is 1. The van der Waals surface area contributed by atoms with Gasteiger partial charge in [-0.3, -0.25) is 4.90 Å². The average molecular weight is 299 g/mol. The Bertz CT molecular complexity index is 649. The van der Waals surface area contributed by atoms with Gasteiger partial charge in [0.05, 0.1) is 23.2 Å². The van der Waals surface area contributed by atoms with Crippen LogP contribution in [0.2, 0.25) is 0 Å². The molecule has 3 rings (SSSR count). The number of allylic oxidation sites excluding steroid dienone is 1. The SMILES string of the molecule is C=CCC[C@@H](O)CN1CCC[C@H]1c1nc2ccccc2n1C. The second kappa shape index (κ2) is 6.63. The first-order chi connectivity index (χ1) is 10.7. The highest BCUT2D eigenvalue weighted by Crippen LogP contribution is 2.33. The molecule has 1 aliphatic heterocycles. The van der Waals surface area contributed by atoms with Crippen molar-refractivity contribution in [3.63, 3.8) is 0 Å². The van der Waals surface area contributed by atoms with E-state index in [1.807, 2.05) is 12.1 Å². The van der Waals surface area contributed by atoms with E-state index in [0.717, 1.165) is 43.7 Å². The number of benzene rings is 1. The fraction of sp³-hybridized carbons (Fsp3) is 0.500. The number of imidazole rings is 1. The van der Waals surface area contributed by atoms with Crippen molar-refractivity contribution < 1.29 is 5.11 Å². The third kappa shape index (κ3) is 2.94. The summed E-state index contributed by atoms with van der Waals surface area (Å²) >= 11 is 0. The van der Waals surface area contributed by atoms with Gasteiger partial charge in [-0.2, -0.15) is 0 Å². The van der Waals surface area contributed by atoms with Crippen LogP contribution in [0.4, 0.5) is 0 Å². The number of aryl methyl sites for hydroxylation is 1. The number of β-amino-alcohol motifs (C(OH)–C–C–N with tert-alkyl or cyclic N) is 1. The maximum atomic E-state index is 10.2. The van der Waals surface area contributed by atoms with E-state index in [2.05, 4.69) is 41.3 Å². The molecule has 2 heterocycles. The van der Waals surface area contributed by atoms with Gasteiger partial charge in [0.25, 0.3) is 0 Å². The van der Waals surface area contributed by atoms with Crippen LogP contribution in [0.25, 0.3) is 11.0 Å². The van der Waals surface area contributed by atoms with Crippen LogP contribution in [-0.2, 0) is 7.05 Å². The van der Waals surface area contributed by atoms with Crippen LogP contribution < -0.4 is 0 Å². The van der Waals surface area contributed by atoms with Gasteiger partial charge in [0.15, 0.2) is 0 Å². The molecule has 2 atom stereocenters. The quantitative estimate of drug-likeness (QED) is 0.834. The fourth-order valence-electron chi connectivity index (χ4n) is 3.47. The van der Waals surface area contributed by atoms with Crippen LogP contribution in [-0.4, -0.2) is 38.8 Å². The molecule has 1 fully saturated rings. The lowest BCUT2D eigenvalue weighted by molar-refractivity contribution is 0.0973. The molecule has 0 amide bonds. The molecule has 1 aromatic carbocycles. The Labute approximate surface area is 132 Å². The smallest absolute Gasteiger partial charge is 0.127 e. The number of aliphatic hydroxyl groups is 1. The molecule has 0 saturated carbocycles. The maximum Gasteiger partial charge on any atom is 0.127 e. The molecule has 1 saturated heterocycles. The zero-order valence-corrected chi connectivity index (χ0v) is 13.3. The van der Waals surface area contributed by atoms with Crippen LogP contribution in [0.5, 0.6) is 0 Å². The first kappa shape index (κ1) is 15.3. The van der Waals surface area contributed by atoms with Crippen LogP contribution in [0, 0.1) is 0 Å². The van der Waals surface area contributed by atoms with Gasteiger partial charge in [-0.25, -0.2) is 4.98 Å². The van der Waals surface area contributed by atoms with Gasteiger partial charge < -0.3 is 9.67 Å². The first-order valence-electron chi connectivity index (χ1n) is 8.15. The molecular weight excluding hydrogens is 274 g/mol. The van der Waals surface area contributed by atoms with Gasteiger partial charge in [-0.1, -0.05) is 18.2 Å². The molecule has 0 unspecified atom stereocenters. The highest BCUT2D eigenvalue weighted by atomic mass is 16.3. The van der Waals surface area contributed by atoms with E-state index in [4.69, 9.17) is 4.98 Å². The van der Waals surface area contributed by atoms with Gasteiger partial charge in [0.2, 0.25) is 0 Å². The van der Waals surface area contributed by atoms with E-state index >= 15 is 0 Å². The highest BCUT2D eigenvalue weighted by molar-refractivity contribution is 5.75. The molecule has 118 valence electrons. The standard InChI is InChI=1S/C18H25N3O/c1-3-4-8-14(22)13-21-12-7-11-17(21)18-19-15-9-5-6-10-16(15)20(18)2/h3,5-6,9-10,14,17,22H,1,4,7-8,11-13H2,2H3/t14-,17+/m1/s1. The molecule has 0 spiro atoms. The lowest BCUT2D eigenvalue weighted by Crippen LogP contribution is -2.33. The van der Waals surface area contributed by atoms with Crippen molar-refractivity contribution in [3.8, 4) is 0 Å². The summed E-state index contributed by atoms with van der Waals surface area (Å²) in [7, 11) is 2.09. The normalized spacial score (nSPS) is 20.5.